The molecule has 3 rings (SSSR count). The van der Waals surface area contributed by atoms with Crippen molar-refractivity contribution in [1.29, 1.82) is 0 Å². The quantitative estimate of drug-likeness (QED) is 0.939. The molecule has 0 saturated carbocycles. The predicted octanol–water partition coefficient (Wildman–Crippen LogP) is 2.95. The van der Waals surface area contributed by atoms with Gasteiger partial charge in [-0.1, -0.05) is 28.4 Å². The summed E-state index contributed by atoms with van der Waals surface area (Å²) in [6, 6.07) is 3.97. The summed E-state index contributed by atoms with van der Waals surface area (Å²) in [6.07, 6.45) is 0.904. The lowest BCUT2D eigenvalue weighted by molar-refractivity contribution is 0.182. The Morgan fingerprint density at radius 1 is 1.43 bits per heavy atom. The zero-order chi connectivity index (χ0) is 15.0. The average Bonchev–Trinajstić information content (AvgIpc) is 2.89. The Labute approximate surface area is 133 Å². The number of fused-ring (bicyclic) bond motifs is 1. The summed E-state index contributed by atoms with van der Waals surface area (Å²) in [5.41, 5.74) is 7.83. The van der Waals surface area contributed by atoms with Crippen LogP contribution in [0.25, 0.3) is 0 Å². The number of nitrogens with zero attached hydrogens (tertiary/aromatic N) is 3. The summed E-state index contributed by atoms with van der Waals surface area (Å²) in [4.78, 5) is 6.52. The van der Waals surface area contributed by atoms with E-state index in [0.29, 0.717) is 28.3 Å². The number of aromatic nitrogens is 2. The molecule has 0 amide bonds. The summed E-state index contributed by atoms with van der Waals surface area (Å²) in [7, 11) is 0. The van der Waals surface area contributed by atoms with Gasteiger partial charge in [-0.15, -0.1) is 0 Å². The molecule has 0 spiro atoms. The lowest BCUT2D eigenvalue weighted by atomic mass is 9.93. The molecule has 1 aromatic heterocycles. The van der Waals surface area contributed by atoms with Gasteiger partial charge in [0.15, 0.2) is 5.82 Å². The van der Waals surface area contributed by atoms with Crippen molar-refractivity contribution in [2.75, 3.05) is 6.54 Å². The SMILES string of the molecule is CC1c2c(Cl)cc(Cl)cc2CCN1Cc1noc(CN)n1. The molecule has 7 heteroatoms. The fourth-order valence-corrected chi connectivity index (χ4v) is 3.48. The van der Waals surface area contributed by atoms with Crippen LogP contribution < -0.4 is 5.73 Å². The van der Waals surface area contributed by atoms with Crippen molar-refractivity contribution in [1.82, 2.24) is 15.0 Å². The van der Waals surface area contributed by atoms with Gasteiger partial charge >= 0.3 is 0 Å². The van der Waals surface area contributed by atoms with Crippen molar-refractivity contribution in [3.8, 4) is 0 Å². The minimum atomic E-state index is 0.179. The molecule has 0 fully saturated rings. The fourth-order valence-electron chi connectivity index (χ4n) is 2.79. The first-order chi connectivity index (χ1) is 10.1. The monoisotopic (exact) mass is 326 g/mol. The van der Waals surface area contributed by atoms with Gasteiger partial charge in [0.05, 0.1) is 13.1 Å². The summed E-state index contributed by atoms with van der Waals surface area (Å²) in [6.45, 7) is 3.90. The molecule has 1 unspecified atom stereocenters. The largest absolute Gasteiger partial charge is 0.338 e. The third-order valence-corrected chi connectivity index (χ3v) is 4.37. The van der Waals surface area contributed by atoms with E-state index in [1.807, 2.05) is 6.07 Å². The molecule has 21 heavy (non-hydrogen) atoms. The van der Waals surface area contributed by atoms with Crippen LogP contribution in [0.5, 0.6) is 0 Å². The van der Waals surface area contributed by atoms with Crippen LogP contribution in [-0.2, 0) is 19.5 Å². The topological polar surface area (TPSA) is 68.2 Å². The van der Waals surface area contributed by atoms with Crippen molar-refractivity contribution in [2.24, 2.45) is 5.73 Å². The highest BCUT2D eigenvalue weighted by Gasteiger charge is 2.27. The molecule has 2 N–H and O–H groups in total. The Morgan fingerprint density at radius 3 is 2.95 bits per heavy atom. The molecule has 2 aromatic rings. The second-order valence-corrected chi connectivity index (χ2v) is 6.01. The number of hydrogen-bond acceptors (Lipinski definition) is 5. The molecule has 1 aliphatic heterocycles. The van der Waals surface area contributed by atoms with Gasteiger partial charge in [0, 0.05) is 22.6 Å². The highest BCUT2D eigenvalue weighted by Crippen LogP contribution is 2.37. The summed E-state index contributed by atoms with van der Waals surface area (Å²) >= 11 is 12.4. The second kappa shape index (κ2) is 5.93. The van der Waals surface area contributed by atoms with E-state index in [9.17, 15) is 0 Å². The van der Waals surface area contributed by atoms with E-state index in [0.717, 1.165) is 18.5 Å². The molecule has 0 saturated heterocycles. The minimum Gasteiger partial charge on any atom is -0.338 e. The van der Waals surface area contributed by atoms with Crippen LogP contribution in [-0.4, -0.2) is 21.6 Å². The van der Waals surface area contributed by atoms with Crippen LogP contribution >= 0.6 is 23.2 Å². The maximum absolute atomic E-state index is 6.36. The predicted molar refractivity (Wildman–Crippen MR) is 81.2 cm³/mol. The van der Waals surface area contributed by atoms with Crippen LogP contribution in [0.3, 0.4) is 0 Å². The first kappa shape index (κ1) is 14.8. The van der Waals surface area contributed by atoms with E-state index in [4.69, 9.17) is 33.5 Å². The average molecular weight is 327 g/mol. The van der Waals surface area contributed by atoms with Gasteiger partial charge in [-0.05, 0) is 36.6 Å². The molecule has 0 bridgehead atoms. The lowest BCUT2D eigenvalue weighted by Crippen LogP contribution is -2.34. The highest BCUT2D eigenvalue weighted by atomic mass is 35.5. The highest BCUT2D eigenvalue weighted by molar-refractivity contribution is 6.35. The third kappa shape index (κ3) is 2.92. The van der Waals surface area contributed by atoms with Gasteiger partial charge in [0.2, 0.25) is 5.89 Å². The molecular weight excluding hydrogens is 311 g/mol. The van der Waals surface area contributed by atoms with Gasteiger partial charge in [-0.2, -0.15) is 4.98 Å². The zero-order valence-corrected chi connectivity index (χ0v) is 13.2. The van der Waals surface area contributed by atoms with Gasteiger partial charge in [0.1, 0.15) is 0 Å². The molecular formula is C14H16Cl2N4O. The first-order valence-electron chi connectivity index (χ1n) is 6.82. The van der Waals surface area contributed by atoms with Crippen LogP contribution in [0, 0.1) is 0 Å². The molecule has 5 nitrogen and oxygen atoms in total. The van der Waals surface area contributed by atoms with Crippen molar-refractivity contribution in [3.63, 3.8) is 0 Å². The standard InChI is InChI=1S/C14H16Cl2N4O/c1-8-14-9(4-10(15)5-11(14)16)2-3-20(8)7-12-18-13(6-17)21-19-12/h4-5,8H,2-3,6-7,17H2,1H3. The van der Waals surface area contributed by atoms with Crippen LogP contribution in [0.2, 0.25) is 10.0 Å². The summed E-state index contributed by atoms with van der Waals surface area (Å²) in [5.74, 6) is 1.11. The van der Waals surface area contributed by atoms with Crippen molar-refractivity contribution in [2.45, 2.75) is 32.5 Å². The van der Waals surface area contributed by atoms with E-state index in [1.165, 1.54) is 5.56 Å². The maximum atomic E-state index is 6.36. The van der Waals surface area contributed by atoms with Crippen molar-refractivity contribution >= 4 is 23.2 Å². The molecule has 1 aromatic carbocycles. The van der Waals surface area contributed by atoms with E-state index >= 15 is 0 Å². The molecule has 1 aliphatic rings. The molecule has 2 heterocycles. The molecule has 0 aliphatic carbocycles. The van der Waals surface area contributed by atoms with Crippen LogP contribution in [0.15, 0.2) is 16.7 Å². The maximum Gasteiger partial charge on any atom is 0.240 e. The third-order valence-electron chi connectivity index (χ3n) is 3.84. The Bertz CT molecular complexity index is 658. The minimum absolute atomic E-state index is 0.179. The Kier molecular flexibility index (Phi) is 4.17. The van der Waals surface area contributed by atoms with Crippen molar-refractivity contribution < 1.29 is 4.52 Å². The zero-order valence-electron chi connectivity index (χ0n) is 11.6. The summed E-state index contributed by atoms with van der Waals surface area (Å²) < 4.78 is 5.04. The van der Waals surface area contributed by atoms with Crippen LogP contribution in [0.1, 0.15) is 35.8 Å². The van der Waals surface area contributed by atoms with Crippen LogP contribution in [0.4, 0.5) is 0 Å². The Hall–Kier alpha value is -1.14. The first-order valence-corrected chi connectivity index (χ1v) is 7.57. The number of halogens is 2. The molecule has 112 valence electrons. The smallest absolute Gasteiger partial charge is 0.240 e. The molecule has 1 atom stereocenters. The summed E-state index contributed by atoms with van der Waals surface area (Å²) in [5, 5.41) is 5.34. The number of benzene rings is 1. The number of nitrogens with two attached hydrogens (primary N) is 1. The lowest BCUT2D eigenvalue weighted by Gasteiger charge is -2.35. The van der Waals surface area contributed by atoms with Gasteiger partial charge in [-0.25, -0.2) is 0 Å². The van der Waals surface area contributed by atoms with E-state index < -0.39 is 0 Å². The Morgan fingerprint density at radius 2 is 2.24 bits per heavy atom. The van der Waals surface area contributed by atoms with E-state index in [1.54, 1.807) is 6.07 Å². The molecule has 0 radical (unpaired) electrons. The van der Waals surface area contributed by atoms with Gasteiger partial charge in [-0.3, -0.25) is 4.90 Å². The number of rotatable bonds is 3. The van der Waals surface area contributed by atoms with Gasteiger partial charge in [0.25, 0.3) is 0 Å². The Balaban J connectivity index is 1.83. The number of hydrogen-bond donors (Lipinski definition) is 1. The normalized spacial score (nSPS) is 18.8. The van der Waals surface area contributed by atoms with E-state index in [2.05, 4.69) is 22.0 Å². The van der Waals surface area contributed by atoms with E-state index in [-0.39, 0.29) is 12.6 Å². The fraction of sp³-hybridized carbons (Fsp3) is 0.429. The van der Waals surface area contributed by atoms with Gasteiger partial charge < -0.3 is 10.3 Å². The second-order valence-electron chi connectivity index (χ2n) is 5.17. The van der Waals surface area contributed by atoms with Crippen molar-refractivity contribution in [3.05, 3.63) is 45.0 Å².